The van der Waals surface area contributed by atoms with Gasteiger partial charge in [-0.15, -0.1) is 0 Å². The molecule has 30 heavy (non-hydrogen) atoms. The fourth-order valence-corrected chi connectivity index (χ4v) is 3.93. The molecule has 1 unspecified atom stereocenters. The van der Waals surface area contributed by atoms with Crippen molar-refractivity contribution < 1.29 is 9.21 Å². The van der Waals surface area contributed by atoms with E-state index in [2.05, 4.69) is 15.3 Å². The van der Waals surface area contributed by atoms with Crippen molar-refractivity contribution in [2.75, 3.05) is 19.6 Å². The Morgan fingerprint density at radius 1 is 1.13 bits per heavy atom. The van der Waals surface area contributed by atoms with E-state index >= 15 is 0 Å². The number of likely N-dealkylation sites (tertiary alicyclic amines) is 1. The van der Waals surface area contributed by atoms with Crippen LogP contribution in [0.5, 0.6) is 0 Å². The van der Waals surface area contributed by atoms with Crippen LogP contribution in [0.15, 0.2) is 64.0 Å². The average molecular weight is 406 g/mol. The molecule has 1 aliphatic heterocycles. The second-order valence-electron chi connectivity index (χ2n) is 7.58. The van der Waals surface area contributed by atoms with E-state index in [1.165, 1.54) is 12.5 Å². The van der Waals surface area contributed by atoms with Gasteiger partial charge < -0.3 is 9.73 Å². The number of nitrogens with one attached hydrogen (secondary N) is 1. The Bertz CT molecular complexity index is 1040. The lowest BCUT2D eigenvalue weighted by Gasteiger charge is -2.33. The van der Waals surface area contributed by atoms with Crippen molar-refractivity contribution in [3.63, 3.8) is 0 Å². The minimum atomic E-state index is -0.474. The number of hydrogen-bond donors (Lipinski definition) is 1. The number of aryl methyl sites for hydroxylation is 1. The van der Waals surface area contributed by atoms with Crippen LogP contribution < -0.4 is 10.7 Å². The lowest BCUT2D eigenvalue weighted by Crippen LogP contribution is -2.41. The summed E-state index contributed by atoms with van der Waals surface area (Å²) in [5.41, 5.74) is 0.973. The number of amides is 1. The predicted molar refractivity (Wildman–Crippen MR) is 114 cm³/mol. The van der Waals surface area contributed by atoms with Crippen LogP contribution in [0.2, 0.25) is 0 Å². The van der Waals surface area contributed by atoms with Crippen molar-refractivity contribution in [3.05, 3.63) is 82.2 Å². The van der Waals surface area contributed by atoms with Crippen LogP contribution in [0, 0.1) is 6.92 Å². The number of para-hydroxylation sites is 1. The summed E-state index contributed by atoms with van der Waals surface area (Å²) in [6.45, 7) is 4.08. The molecule has 156 valence electrons. The molecule has 1 aliphatic rings. The van der Waals surface area contributed by atoms with E-state index in [-0.39, 0.29) is 17.2 Å². The Labute approximate surface area is 175 Å². The molecule has 7 heteroatoms. The van der Waals surface area contributed by atoms with Crippen LogP contribution in [-0.2, 0) is 0 Å². The summed E-state index contributed by atoms with van der Waals surface area (Å²) in [6, 6.07) is 14.6. The molecule has 0 spiro atoms. The highest BCUT2D eigenvalue weighted by molar-refractivity contribution is 5.92. The smallest absolute Gasteiger partial charge is 0.275 e. The van der Waals surface area contributed by atoms with Gasteiger partial charge in [-0.05, 0) is 57.1 Å². The quantitative estimate of drug-likeness (QED) is 0.680. The number of nitrogens with zero attached hydrogens (tertiary/aromatic N) is 3. The first-order chi connectivity index (χ1) is 14.6. The van der Waals surface area contributed by atoms with Crippen molar-refractivity contribution in [2.45, 2.75) is 32.2 Å². The number of rotatable bonds is 6. The normalized spacial score (nSPS) is 15.6. The molecule has 2 aromatic heterocycles. The molecule has 1 amide bonds. The second-order valence-corrected chi connectivity index (χ2v) is 7.58. The molecule has 1 fully saturated rings. The maximum absolute atomic E-state index is 12.9. The molecule has 1 atom stereocenters. The van der Waals surface area contributed by atoms with Crippen LogP contribution in [0.1, 0.15) is 47.2 Å². The molecule has 1 N–H and O–H groups in total. The van der Waals surface area contributed by atoms with Crippen molar-refractivity contribution in [1.29, 1.82) is 0 Å². The molecule has 0 bridgehead atoms. The Morgan fingerprint density at radius 2 is 1.90 bits per heavy atom. The maximum Gasteiger partial charge on any atom is 0.275 e. The Balaban J connectivity index is 1.55. The summed E-state index contributed by atoms with van der Waals surface area (Å²) >= 11 is 0. The highest BCUT2D eigenvalue weighted by atomic mass is 16.3. The molecule has 1 aromatic carbocycles. The molecule has 0 aliphatic carbocycles. The van der Waals surface area contributed by atoms with Gasteiger partial charge in [0, 0.05) is 18.3 Å². The minimum absolute atomic E-state index is 0.0638. The third-order valence-corrected chi connectivity index (χ3v) is 5.48. The largest absolute Gasteiger partial charge is 0.468 e. The predicted octanol–water partition coefficient (Wildman–Crippen LogP) is 3.09. The molecule has 4 rings (SSSR count). The SMILES string of the molecule is Cc1cc(=O)c(C(=O)NCC(c2ccco2)N2CCCCC2)nn1-c1ccccc1. The zero-order valence-electron chi connectivity index (χ0n) is 17.1. The number of aromatic nitrogens is 2. The van der Waals surface area contributed by atoms with Crippen LogP contribution >= 0.6 is 0 Å². The number of hydrogen-bond acceptors (Lipinski definition) is 5. The molecule has 1 saturated heterocycles. The number of furan rings is 1. The van der Waals surface area contributed by atoms with E-state index in [1.54, 1.807) is 17.9 Å². The van der Waals surface area contributed by atoms with Gasteiger partial charge in [0.15, 0.2) is 5.69 Å². The maximum atomic E-state index is 12.9. The van der Waals surface area contributed by atoms with Crippen molar-refractivity contribution >= 4 is 5.91 Å². The van der Waals surface area contributed by atoms with Gasteiger partial charge >= 0.3 is 0 Å². The van der Waals surface area contributed by atoms with E-state index in [9.17, 15) is 9.59 Å². The third-order valence-electron chi connectivity index (χ3n) is 5.48. The molecule has 0 radical (unpaired) electrons. The van der Waals surface area contributed by atoms with Crippen LogP contribution in [0.4, 0.5) is 0 Å². The van der Waals surface area contributed by atoms with Gasteiger partial charge in [-0.1, -0.05) is 24.6 Å². The highest BCUT2D eigenvalue weighted by Gasteiger charge is 2.26. The summed E-state index contributed by atoms with van der Waals surface area (Å²) in [5, 5.41) is 7.26. The Hall–Kier alpha value is -3.19. The summed E-state index contributed by atoms with van der Waals surface area (Å²) in [4.78, 5) is 27.7. The van der Waals surface area contributed by atoms with Gasteiger partial charge in [-0.25, -0.2) is 4.68 Å². The topological polar surface area (TPSA) is 80.4 Å². The standard InChI is InChI=1S/C23H26N4O3/c1-17-15-20(28)22(25-27(17)18-9-4-2-5-10-18)23(29)24-16-19(21-11-8-14-30-21)26-12-6-3-7-13-26/h2,4-5,8-11,14-15,19H,3,6-7,12-13,16H2,1H3,(H,24,29). The zero-order chi connectivity index (χ0) is 20.9. The van der Waals surface area contributed by atoms with Gasteiger partial charge in [-0.2, -0.15) is 5.10 Å². The lowest BCUT2D eigenvalue weighted by atomic mass is 10.1. The summed E-state index contributed by atoms with van der Waals surface area (Å²) in [5.74, 6) is 0.342. The van der Waals surface area contributed by atoms with E-state index in [1.807, 2.05) is 42.5 Å². The zero-order valence-corrected chi connectivity index (χ0v) is 17.1. The first-order valence-electron chi connectivity index (χ1n) is 10.4. The molecule has 7 nitrogen and oxygen atoms in total. The van der Waals surface area contributed by atoms with Crippen molar-refractivity contribution in [1.82, 2.24) is 20.0 Å². The second kappa shape index (κ2) is 9.09. The molecular weight excluding hydrogens is 380 g/mol. The van der Waals surface area contributed by atoms with E-state index in [0.717, 1.165) is 37.4 Å². The third kappa shape index (κ3) is 4.36. The van der Waals surface area contributed by atoms with Crippen LogP contribution in [0.25, 0.3) is 5.69 Å². The van der Waals surface area contributed by atoms with Gasteiger partial charge in [0.05, 0.1) is 18.0 Å². The Morgan fingerprint density at radius 3 is 2.60 bits per heavy atom. The first kappa shape index (κ1) is 20.1. The summed E-state index contributed by atoms with van der Waals surface area (Å²) in [7, 11) is 0. The Kier molecular flexibility index (Phi) is 6.09. The van der Waals surface area contributed by atoms with Gasteiger partial charge in [0.2, 0.25) is 5.43 Å². The van der Waals surface area contributed by atoms with Gasteiger partial charge in [-0.3, -0.25) is 14.5 Å². The number of piperidine rings is 1. The van der Waals surface area contributed by atoms with E-state index < -0.39 is 5.91 Å². The fourth-order valence-electron chi connectivity index (χ4n) is 3.93. The molecule has 0 saturated carbocycles. The molecule has 3 heterocycles. The fraction of sp³-hybridized carbons (Fsp3) is 0.348. The van der Waals surface area contributed by atoms with E-state index in [4.69, 9.17) is 4.42 Å². The van der Waals surface area contributed by atoms with Gasteiger partial charge in [0.1, 0.15) is 5.76 Å². The number of benzene rings is 1. The molecular formula is C23H26N4O3. The van der Waals surface area contributed by atoms with Crippen molar-refractivity contribution in [3.8, 4) is 5.69 Å². The van der Waals surface area contributed by atoms with Crippen molar-refractivity contribution in [2.24, 2.45) is 0 Å². The summed E-state index contributed by atoms with van der Waals surface area (Å²) < 4.78 is 7.24. The van der Waals surface area contributed by atoms with E-state index in [0.29, 0.717) is 12.2 Å². The first-order valence-corrected chi connectivity index (χ1v) is 10.4. The van der Waals surface area contributed by atoms with Gasteiger partial charge in [0.25, 0.3) is 5.91 Å². The number of carbonyl (C=O) groups is 1. The molecule has 3 aromatic rings. The average Bonchev–Trinajstić information content (AvgIpc) is 3.30. The minimum Gasteiger partial charge on any atom is -0.468 e. The lowest BCUT2D eigenvalue weighted by molar-refractivity contribution is 0.0906. The van der Waals surface area contributed by atoms with Crippen LogP contribution in [-0.4, -0.2) is 40.2 Å². The monoisotopic (exact) mass is 406 g/mol. The highest BCUT2D eigenvalue weighted by Crippen LogP contribution is 2.24. The van der Waals surface area contributed by atoms with Crippen LogP contribution in [0.3, 0.4) is 0 Å². The summed E-state index contributed by atoms with van der Waals surface area (Å²) in [6.07, 6.45) is 5.13. The number of carbonyl (C=O) groups excluding carboxylic acids is 1.